The average molecular weight is 348 g/mol. The minimum absolute atomic E-state index is 0.239. The van der Waals surface area contributed by atoms with Gasteiger partial charge in [0.2, 0.25) is 0 Å². The second kappa shape index (κ2) is 7.36. The summed E-state index contributed by atoms with van der Waals surface area (Å²) in [5.41, 5.74) is 0. The van der Waals surface area contributed by atoms with Crippen LogP contribution in [0.1, 0.15) is 40.5 Å². The monoisotopic (exact) mass is 347 g/mol. The molecule has 1 amide bonds. The molecule has 7 heteroatoms. The zero-order chi connectivity index (χ0) is 15.3. The van der Waals surface area contributed by atoms with Gasteiger partial charge in [0.15, 0.2) is 0 Å². The van der Waals surface area contributed by atoms with Crippen molar-refractivity contribution in [2.24, 2.45) is 5.92 Å². The van der Waals surface area contributed by atoms with E-state index >= 15 is 0 Å². The van der Waals surface area contributed by atoms with Crippen molar-refractivity contribution in [1.29, 1.82) is 0 Å². The summed E-state index contributed by atoms with van der Waals surface area (Å²) in [6, 6.07) is 0. The first-order valence-electron chi connectivity index (χ1n) is 6.09. The number of hydrogen-bond donors (Lipinski definition) is 1. The molecule has 0 aromatic heterocycles. The molecule has 1 unspecified atom stereocenters. The van der Waals surface area contributed by atoms with Gasteiger partial charge in [-0.15, -0.1) is 0 Å². The Bertz CT molecular complexity index is 288. The van der Waals surface area contributed by atoms with Gasteiger partial charge in [0.25, 0.3) is 0 Å². The number of amides is 1. The molecule has 0 rings (SSSR count). The molecule has 114 valence electrons. The van der Waals surface area contributed by atoms with E-state index in [1.54, 1.807) is 5.32 Å². The van der Waals surface area contributed by atoms with Crippen LogP contribution in [0.5, 0.6) is 0 Å². The standard InChI is InChI=1S/C12H21BrF3NO2/c1-8(2)5-9(6-11(3,4)13)19-10(18)17-7-12(14,15)16/h8-9H,5-7H2,1-4H3,(H,17,18). The summed E-state index contributed by atoms with van der Waals surface area (Å²) in [7, 11) is 0. The maximum atomic E-state index is 12.0. The fourth-order valence-electron chi connectivity index (χ4n) is 1.61. The number of nitrogens with one attached hydrogen (secondary N) is 1. The third kappa shape index (κ3) is 12.3. The summed E-state index contributed by atoms with van der Waals surface area (Å²) < 4.78 is 40.7. The van der Waals surface area contributed by atoms with Gasteiger partial charge >= 0.3 is 12.3 Å². The van der Waals surface area contributed by atoms with Crippen LogP contribution in [0.4, 0.5) is 18.0 Å². The molecule has 19 heavy (non-hydrogen) atoms. The number of hydrogen-bond acceptors (Lipinski definition) is 2. The van der Waals surface area contributed by atoms with Crippen LogP contribution in [0.3, 0.4) is 0 Å². The van der Waals surface area contributed by atoms with Gasteiger partial charge in [0.05, 0.1) is 0 Å². The molecule has 1 N–H and O–H groups in total. The van der Waals surface area contributed by atoms with Crippen molar-refractivity contribution >= 4 is 22.0 Å². The molecule has 1 atom stereocenters. The maximum Gasteiger partial charge on any atom is 0.407 e. The number of rotatable bonds is 6. The second-order valence-electron chi connectivity index (χ2n) is 5.55. The van der Waals surface area contributed by atoms with E-state index in [0.717, 1.165) is 0 Å². The maximum absolute atomic E-state index is 12.0. The second-order valence-corrected chi connectivity index (χ2v) is 7.70. The van der Waals surface area contributed by atoms with E-state index in [1.807, 2.05) is 27.7 Å². The average Bonchev–Trinajstić information content (AvgIpc) is 2.09. The smallest absolute Gasteiger partial charge is 0.407 e. The van der Waals surface area contributed by atoms with Crippen molar-refractivity contribution in [2.45, 2.75) is 57.1 Å². The topological polar surface area (TPSA) is 38.3 Å². The Labute approximate surface area is 120 Å². The zero-order valence-electron chi connectivity index (χ0n) is 11.6. The minimum Gasteiger partial charge on any atom is -0.446 e. The Kier molecular flexibility index (Phi) is 7.18. The van der Waals surface area contributed by atoms with Crippen molar-refractivity contribution in [2.75, 3.05) is 6.54 Å². The summed E-state index contributed by atoms with van der Waals surface area (Å²) in [6.07, 6.45) is -4.73. The summed E-state index contributed by atoms with van der Waals surface area (Å²) in [5.74, 6) is 0.287. The third-order valence-corrected chi connectivity index (χ3v) is 2.48. The molecule has 0 aliphatic heterocycles. The first-order chi connectivity index (χ1) is 8.39. The third-order valence-electron chi connectivity index (χ3n) is 2.15. The largest absolute Gasteiger partial charge is 0.446 e. The van der Waals surface area contributed by atoms with Crippen LogP contribution in [0.15, 0.2) is 0 Å². The number of alkyl halides is 4. The van der Waals surface area contributed by atoms with Gasteiger partial charge < -0.3 is 10.1 Å². The fraction of sp³-hybridized carbons (Fsp3) is 0.917. The molecule has 0 aliphatic carbocycles. The van der Waals surface area contributed by atoms with Gasteiger partial charge in [-0.25, -0.2) is 4.79 Å². The van der Waals surface area contributed by atoms with Crippen molar-refractivity contribution in [1.82, 2.24) is 5.32 Å². The van der Waals surface area contributed by atoms with Crippen molar-refractivity contribution in [3.8, 4) is 0 Å². The number of carbonyl (C=O) groups is 1. The van der Waals surface area contributed by atoms with Crippen molar-refractivity contribution < 1.29 is 22.7 Å². The SMILES string of the molecule is CC(C)CC(CC(C)(C)Br)OC(=O)NCC(F)(F)F. The van der Waals surface area contributed by atoms with Gasteiger partial charge in [-0.1, -0.05) is 29.8 Å². The summed E-state index contributed by atoms with van der Waals surface area (Å²) in [4.78, 5) is 11.3. The molecule has 0 heterocycles. The summed E-state index contributed by atoms with van der Waals surface area (Å²) >= 11 is 3.44. The number of ether oxygens (including phenoxy) is 1. The lowest BCUT2D eigenvalue weighted by molar-refractivity contribution is -0.124. The normalized spacial score (nSPS) is 14.4. The van der Waals surface area contributed by atoms with Crippen molar-refractivity contribution in [3.63, 3.8) is 0 Å². The van der Waals surface area contributed by atoms with E-state index in [4.69, 9.17) is 4.74 Å². The Morgan fingerprint density at radius 2 is 1.84 bits per heavy atom. The number of halogens is 4. The lowest BCUT2D eigenvalue weighted by atomic mass is 9.98. The molecule has 0 saturated carbocycles. The van der Waals surface area contributed by atoms with Crippen LogP contribution in [0, 0.1) is 5.92 Å². The van der Waals surface area contributed by atoms with Crippen LogP contribution >= 0.6 is 15.9 Å². The van der Waals surface area contributed by atoms with Crippen LogP contribution in [0.2, 0.25) is 0 Å². The van der Waals surface area contributed by atoms with Gasteiger partial charge in [-0.05, 0) is 32.6 Å². The molecule has 0 fully saturated rings. The first kappa shape index (κ1) is 18.5. The molecular weight excluding hydrogens is 327 g/mol. The Morgan fingerprint density at radius 3 is 2.21 bits per heavy atom. The molecular formula is C12H21BrF3NO2. The lowest BCUT2D eigenvalue weighted by Gasteiger charge is -2.26. The van der Waals surface area contributed by atoms with E-state index in [0.29, 0.717) is 12.8 Å². The number of alkyl carbamates (subject to hydrolysis) is 1. The summed E-state index contributed by atoms with van der Waals surface area (Å²) in [5, 5.41) is 1.71. The zero-order valence-corrected chi connectivity index (χ0v) is 13.2. The van der Waals surface area contributed by atoms with Crippen LogP contribution < -0.4 is 5.32 Å². The van der Waals surface area contributed by atoms with Crippen LogP contribution in [0.25, 0.3) is 0 Å². The van der Waals surface area contributed by atoms with Gasteiger partial charge in [0.1, 0.15) is 12.6 Å². The minimum atomic E-state index is -4.43. The predicted octanol–water partition coefficient (Wildman–Crippen LogP) is 4.25. The molecule has 0 saturated heterocycles. The van der Waals surface area contributed by atoms with Crippen molar-refractivity contribution in [3.05, 3.63) is 0 Å². The van der Waals surface area contributed by atoms with E-state index < -0.39 is 24.9 Å². The molecule has 0 radical (unpaired) electrons. The molecule has 0 bridgehead atoms. The lowest BCUT2D eigenvalue weighted by Crippen LogP contribution is -2.37. The Morgan fingerprint density at radius 1 is 1.32 bits per heavy atom. The molecule has 0 spiro atoms. The first-order valence-corrected chi connectivity index (χ1v) is 6.88. The molecule has 0 aliphatic rings. The Hall–Kier alpha value is -0.460. The van der Waals surface area contributed by atoms with E-state index in [-0.39, 0.29) is 10.2 Å². The highest BCUT2D eigenvalue weighted by Crippen LogP contribution is 2.26. The quantitative estimate of drug-likeness (QED) is 0.729. The van der Waals surface area contributed by atoms with Crippen LogP contribution in [-0.2, 0) is 4.74 Å². The van der Waals surface area contributed by atoms with Gasteiger partial charge in [-0.3, -0.25) is 0 Å². The molecule has 0 aromatic rings. The molecule has 3 nitrogen and oxygen atoms in total. The van der Waals surface area contributed by atoms with Crippen LogP contribution in [-0.4, -0.2) is 29.2 Å². The van der Waals surface area contributed by atoms with Gasteiger partial charge in [-0.2, -0.15) is 13.2 Å². The van der Waals surface area contributed by atoms with Gasteiger partial charge in [0, 0.05) is 4.32 Å². The van der Waals surface area contributed by atoms with E-state index in [1.165, 1.54) is 0 Å². The molecule has 0 aromatic carbocycles. The summed E-state index contributed by atoms with van der Waals surface area (Å²) in [6.45, 7) is 6.38. The highest BCUT2D eigenvalue weighted by molar-refractivity contribution is 9.10. The van der Waals surface area contributed by atoms with E-state index in [9.17, 15) is 18.0 Å². The predicted molar refractivity (Wildman–Crippen MR) is 71.4 cm³/mol. The Balaban J connectivity index is 4.35. The highest BCUT2D eigenvalue weighted by Gasteiger charge is 2.29. The fourth-order valence-corrected chi connectivity index (χ4v) is 1.97. The van der Waals surface area contributed by atoms with E-state index in [2.05, 4.69) is 15.9 Å². The highest BCUT2D eigenvalue weighted by atomic mass is 79.9. The number of carbonyl (C=O) groups excluding carboxylic acids is 1.